The maximum Gasteiger partial charge on any atom is 0.411 e. The number of hydrogen-bond acceptors (Lipinski definition) is 13. The summed E-state index contributed by atoms with van der Waals surface area (Å²) in [5.41, 5.74) is 5.48. The minimum absolute atomic E-state index is 0.00317. The molecule has 0 aliphatic carbocycles. The molecular formula is C51H69ClN8O9. The number of halogens is 1. The average Bonchev–Trinajstić information content (AvgIpc) is 3.38. The zero-order valence-corrected chi connectivity index (χ0v) is 41.8. The summed E-state index contributed by atoms with van der Waals surface area (Å²) in [6.07, 6.45) is -0.496. The van der Waals surface area contributed by atoms with Crippen LogP contribution in [0.3, 0.4) is 0 Å². The number of carbonyl (C=O) groups is 4. The highest BCUT2D eigenvalue weighted by Gasteiger charge is 2.28. The highest BCUT2D eigenvalue weighted by Crippen LogP contribution is 2.33. The van der Waals surface area contributed by atoms with Crippen LogP contribution >= 0.6 is 11.6 Å². The topological polar surface area (TPSA) is 179 Å². The van der Waals surface area contributed by atoms with Gasteiger partial charge in [-0.25, -0.2) is 9.59 Å². The number of benzene rings is 4. The van der Waals surface area contributed by atoms with Gasteiger partial charge in [-0.3, -0.25) is 39.7 Å². The second kappa shape index (κ2) is 29.2. The Morgan fingerprint density at radius 3 is 1.57 bits per heavy atom. The Kier molecular flexibility index (Phi) is 23.5. The van der Waals surface area contributed by atoms with Gasteiger partial charge < -0.3 is 29.3 Å². The summed E-state index contributed by atoms with van der Waals surface area (Å²) >= 11 is 4.60. The minimum atomic E-state index is -0.773. The molecule has 2 atom stereocenters. The normalized spacial score (nSPS) is 14.9. The van der Waals surface area contributed by atoms with Gasteiger partial charge in [0.2, 0.25) is 0 Å². The molecule has 2 aliphatic heterocycles. The molecule has 0 spiro atoms. The average molecular weight is 974 g/mol. The zero-order valence-electron chi connectivity index (χ0n) is 41.0. The molecule has 0 bridgehead atoms. The van der Waals surface area contributed by atoms with Crippen molar-refractivity contribution in [1.82, 2.24) is 29.8 Å². The van der Waals surface area contributed by atoms with Crippen LogP contribution in [0, 0.1) is 10.1 Å². The number of non-ortho nitro benzene ring substituents is 1. The fraction of sp³-hybridized carbons (Fsp3) is 0.451. The fourth-order valence-electron chi connectivity index (χ4n) is 8.40. The Bertz CT molecular complexity index is 2230. The van der Waals surface area contributed by atoms with Crippen molar-refractivity contribution in [2.24, 2.45) is 0 Å². The molecule has 17 nitrogen and oxygen atoms in total. The predicted octanol–water partition coefficient (Wildman–Crippen LogP) is 7.76. The van der Waals surface area contributed by atoms with Crippen molar-refractivity contribution in [3.05, 3.63) is 141 Å². The molecule has 0 unspecified atom stereocenters. The number of nitro groups is 1. The highest BCUT2D eigenvalue weighted by atomic mass is 35.5. The van der Waals surface area contributed by atoms with E-state index in [9.17, 15) is 29.3 Å². The quantitative estimate of drug-likeness (QED) is 0.0596. The van der Waals surface area contributed by atoms with Crippen molar-refractivity contribution in [2.75, 3.05) is 118 Å². The number of nitrogens with one attached hydrogen (secondary N) is 2. The van der Waals surface area contributed by atoms with Crippen LogP contribution in [0.1, 0.15) is 82.7 Å². The van der Waals surface area contributed by atoms with Gasteiger partial charge in [0, 0.05) is 133 Å². The van der Waals surface area contributed by atoms with E-state index in [0.29, 0.717) is 43.0 Å². The number of ether oxygens (including phenoxy) is 3. The third kappa shape index (κ3) is 16.6. The molecule has 4 aromatic carbocycles. The molecule has 374 valence electrons. The molecule has 2 aliphatic rings. The van der Waals surface area contributed by atoms with Gasteiger partial charge in [-0.2, -0.15) is 0 Å². The summed E-state index contributed by atoms with van der Waals surface area (Å²) in [4.78, 5) is 68.3. The van der Waals surface area contributed by atoms with Crippen molar-refractivity contribution in [3.63, 3.8) is 0 Å². The van der Waals surface area contributed by atoms with Crippen LogP contribution in [0.2, 0.25) is 0 Å². The van der Waals surface area contributed by atoms with E-state index in [0.717, 1.165) is 87.8 Å². The third-order valence-electron chi connectivity index (χ3n) is 12.1. The van der Waals surface area contributed by atoms with Gasteiger partial charge in [0.25, 0.3) is 17.5 Å². The smallest absolute Gasteiger partial charge is 0.411 e. The van der Waals surface area contributed by atoms with E-state index in [1.807, 2.05) is 93.3 Å². The highest BCUT2D eigenvalue weighted by molar-refractivity contribution is 6.61. The molecule has 2 heterocycles. The molecule has 69 heavy (non-hydrogen) atoms. The van der Waals surface area contributed by atoms with E-state index in [1.54, 1.807) is 24.1 Å². The first-order valence-corrected chi connectivity index (χ1v) is 23.8. The maximum atomic E-state index is 12.8. The van der Waals surface area contributed by atoms with E-state index in [4.69, 9.17) is 9.47 Å². The van der Waals surface area contributed by atoms with Crippen LogP contribution in [0.4, 0.5) is 21.0 Å². The van der Waals surface area contributed by atoms with E-state index in [1.165, 1.54) is 20.3 Å². The molecule has 6 rings (SSSR count). The van der Waals surface area contributed by atoms with Gasteiger partial charge in [-0.1, -0.05) is 48.5 Å². The lowest BCUT2D eigenvalue weighted by Gasteiger charge is -2.40. The number of carbonyl (C=O) groups excluding carboxylic acids is 4. The summed E-state index contributed by atoms with van der Waals surface area (Å²) in [5.74, 6) is 0.0738. The first-order chi connectivity index (χ1) is 33.3. The molecule has 4 aromatic rings. The minimum Gasteiger partial charge on any atom is -0.457 e. The number of nitrogens with zero attached hydrogens (tertiary/aromatic N) is 6. The van der Waals surface area contributed by atoms with E-state index < -0.39 is 11.5 Å². The van der Waals surface area contributed by atoms with Crippen molar-refractivity contribution in [2.45, 2.75) is 39.8 Å². The SMILES string of the molecule is CCN(CC)C(=O)c1ccc([C@H](c2cccc(NC(=O)OC)c2)N2CCN(CCOC)CC2)cc1.CCN(CC)C(=O)c1ccc([C@H](c2cccc([N+](=O)[O-])c2)N2CCNCC2)cc1.COC(=O)Cl. The molecule has 3 amide bonds. The molecule has 0 saturated carbocycles. The lowest BCUT2D eigenvalue weighted by atomic mass is 9.95. The molecule has 0 aromatic heterocycles. The Labute approximate surface area is 411 Å². The van der Waals surface area contributed by atoms with Gasteiger partial charge in [0.05, 0.1) is 37.8 Å². The lowest BCUT2D eigenvalue weighted by Crippen LogP contribution is -2.48. The molecular weight excluding hydrogens is 904 g/mol. The van der Waals surface area contributed by atoms with Crippen molar-refractivity contribution >= 4 is 46.3 Å². The second-order valence-electron chi connectivity index (χ2n) is 16.2. The summed E-state index contributed by atoms with van der Waals surface area (Å²) in [7, 11) is 4.30. The maximum absolute atomic E-state index is 12.8. The molecule has 2 saturated heterocycles. The Balaban J connectivity index is 0.000000277. The van der Waals surface area contributed by atoms with Gasteiger partial charge in [-0.15, -0.1) is 0 Å². The van der Waals surface area contributed by atoms with Crippen LogP contribution in [0.5, 0.6) is 0 Å². The molecule has 2 fully saturated rings. The van der Waals surface area contributed by atoms with Crippen molar-refractivity contribution in [1.29, 1.82) is 0 Å². The van der Waals surface area contributed by atoms with Gasteiger partial charge >= 0.3 is 11.5 Å². The second-order valence-corrected chi connectivity index (χ2v) is 16.5. The number of piperazine rings is 2. The summed E-state index contributed by atoms with van der Waals surface area (Å²) < 4.78 is 13.9. The van der Waals surface area contributed by atoms with Crippen LogP contribution in [0.15, 0.2) is 97.1 Å². The summed E-state index contributed by atoms with van der Waals surface area (Å²) in [5, 5.41) is 17.4. The van der Waals surface area contributed by atoms with Gasteiger partial charge in [0.1, 0.15) is 0 Å². The Morgan fingerprint density at radius 2 is 1.13 bits per heavy atom. The standard InChI is InChI=1S/C27H38N4O4.C22H28N4O3.C2H3ClO2/c1-5-30(6-2)26(32)22-12-10-21(11-13-22)25(31-16-14-29(15-17-31)18-19-34-3)23-8-7-9-24(20-23)28-27(33)35-4;1-3-24(4-2)22(27)18-10-8-17(9-11-18)21(25-14-12-23-13-15-25)19-6-5-7-20(16-19)26(28)29;1-5-2(3)4/h7-13,20,25H,5-6,14-19H2,1-4H3,(H,28,33);5-11,16,21,23H,3-4,12-15H2,1-2H3;1H3/t25-;21-;/m11./s1. The van der Waals surface area contributed by atoms with Crippen LogP contribution in [-0.4, -0.2) is 166 Å². The number of anilines is 1. The monoisotopic (exact) mass is 972 g/mol. The predicted molar refractivity (Wildman–Crippen MR) is 269 cm³/mol. The van der Waals surface area contributed by atoms with Crippen LogP contribution in [-0.2, 0) is 14.2 Å². The zero-order chi connectivity index (χ0) is 50.3. The van der Waals surface area contributed by atoms with E-state index >= 15 is 0 Å². The summed E-state index contributed by atoms with van der Waals surface area (Å²) in [6, 6.07) is 30.3. The van der Waals surface area contributed by atoms with Crippen LogP contribution < -0.4 is 10.6 Å². The number of hydrogen-bond donors (Lipinski definition) is 2. The lowest BCUT2D eigenvalue weighted by molar-refractivity contribution is -0.384. The third-order valence-corrected chi connectivity index (χ3v) is 12.3. The van der Waals surface area contributed by atoms with Gasteiger partial charge in [0.15, 0.2) is 0 Å². The number of methoxy groups -OCH3 is 3. The molecule has 18 heteroatoms. The van der Waals surface area contributed by atoms with E-state index in [2.05, 4.69) is 59.9 Å². The number of nitro benzene ring substituents is 1. The Hall–Kier alpha value is -5.95. The largest absolute Gasteiger partial charge is 0.457 e. The number of amides is 3. The Morgan fingerprint density at radius 1 is 0.667 bits per heavy atom. The molecule has 0 radical (unpaired) electrons. The van der Waals surface area contributed by atoms with Crippen molar-refractivity contribution in [3.8, 4) is 0 Å². The van der Waals surface area contributed by atoms with Crippen molar-refractivity contribution < 1.29 is 38.3 Å². The fourth-order valence-corrected chi connectivity index (χ4v) is 8.40. The first kappa shape index (κ1) is 55.6. The molecule has 2 N–H and O–H groups in total. The van der Waals surface area contributed by atoms with Crippen LogP contribution in [0.25, 0.3) is 0 Å². The van der Waals surface area contributed by atoms with E-state index in [-0.39, 0.29) is 34.5 Å². The first-order valence-electron chi connectivity index (χ1n) is 23.4. The summed E-state index contributed by atoms with van der Waals surface area (Å²) in [6.45, 7) is 19.5. The van der Waals surface area contributed by atoms with Gasteiger partial charge in [-0.05, 0) is 86.3 Å². The number of rotatable bonds is 17.